The normalized spacial score (nSPS) is 25.5. The van der Waals surface area contributed by atoms with Crippen molar-refractivity contribution in [3.8, 4) is 5.75 Å². The zero-order chi connectivity index (χ0) is 23.3. The number of methoxy groups -OCH3 is 1. The lowest BCUT2D eigenvalue weighted by Gasteiger charge is -2.40. The Morgan fingerprint density at radius 2 is 2.03 bits per heavy atom. The first-order valence-corrected chi connectivity index (χ1v) is 11.5. The molecular formula is C25H35N3O4. The molecule has 2 bridgehead atoms. The first-order chi connectivity index (χ1) is 15.1. The molecule has 2 aliphatic rings. The number of carbonyl (C=O) groups is 2. The number of hydrogen-bond acceptors (Lipinski definition) is 5. The molecule has 1 saturated carbocycles. The van der Waals surface area contributed by atoms with E-state index in [2.05, 4.69) is 36.0 Å². The second-order valence-electron chi connectivity index (χ2n) is 10.6. The van der Waals surface area contributed by atoms with Crippen molar-refractivity contribution in [3.63, 3.8) is 0 Å². The lowest BCUT2D eigenvalue weighted by atomic mass is 9.65. The largest absolute Gasteiger partial charge is 0.497 e. The Morgan fingerprint density at radius 3 is 2.72 bits per heavy atom. The van der Waals surface area contributed by atoms with Crippen molar-refractivity contribution in [3.05, 3.63) is 23.9 Å². The van der Waals surface area contributed by atoms with Gasteiger partial charge in [-0.15, -0.1) is 0 Å². The fraction of sp³-hybridized carbons (Fsp3) is 0.600. The number of benzene rings is 1. The molecule has 174 valence electrons. The second kappa shape index (κ2) is 8.10. The van der Waals surface area contributed by atoms with Crippen LogP contribution in [0, 0.1) is 10.8 Å². The van der Waals surface area contributed by atoms with E-state index >= 15 is 0 Å². The first-order valence-electron chi connectivity index (χ1n) is 11.5. The SMILES string of the molecule is CCOC(=O)c1[nH]c2ccc(OC)cc2c1NC(=O)[C@H](C)N1C[C@@]2(C)C[C@@H]1CC(C)(C)C2. The molecule has 7 heteroatoms. The maximum absolute atomic E-state index is 13.4. The Hall–Kier alpha value is -2.54. The number of amides is 1. The molecule has 1 aliphatic carbocycles. The Balaban J connectivity index is 1.63. The minimum atomic E-state index is -0.489. The molecule has 1 aromatic carbocycles. The van der Waals surface area contributed by atoms with E-state index in [0.717, 1.165) is 30.3 Å². The summed E-state index contributed by atoms with van der Waals surface area (Å²) in [4.78, 5) is 31.5. The van der Waals surface area contributed by atoms with Crippen LogP contribution in [0.15, 0.2) is 18.2 Å². The van der Waals surface area contributed by atoms with Crippen LogP contribution in [0.25, 0.3) is 10.9 Å². The molecular weight excluding hydrogens is 406 g/mol. The van der Waals surface area contributed by atoms with Crippen LogP contribution >= 0.6 is 0 Å². The predicted octanol–water partition coefficient (Wildman–Crippen LogP) is 4.58. The number of hydrogen-bond donors (Lipinski definition) is 2. The van der Waals surface area contributed by atoms with Gasteiger partial charge in [0.1, 0.15) is 11.4 Å². The maximum Gasteiger partial charge on any atom is 0.356 e. The average Bonchev–Trinajstić information content (AvgIpc) is 3.20. The number of carbonyl (C=O) groups excluding carboxylic acids is 2. The molecule has 1 saturated heterocycles. The summed E-state index contributed by atoms with van der Waals surface area (Å²) >= 11 is 0. The molecule has 1 aliphatic heterocycles. The highest BCUT2D eigenvalue weighted by molar-refractivity contribution is 6.12. The number of nitrogens with one attached hydrogen (secondary N) is 2. The van der Waals surface area contributed by atoms with Crippen molar-refractivity contribution in [2.75, 3.05) is 25.6 Å². The zero-order valence-corrected chi connectivity index (χ0v) is 20.0. The van der Waals surface area contributed by atoms with E-state index in [9.17, 15) is 9.59 Å². The van der Waals surface area contributed by atoms with Crippen LogP contribution in [-0.4, -0.2) is 54.1 Å². The topological polar surface area (TPSA) is 83.7 Å². The Kier molecular flexibility index (Phi) is 5.74. The lowest BCUT2D eigenvalue weighted by molar-refractivity contribution is -0.121. The molecule has 2 heterocycles. The Labute approximate surface area is 189 Å². The number of fused-ring (bicyclic) bond motifs is 3. The third-order valence-corrected chi connectivity index (χ3v) is 7.07. The molecule has 2 fully saturated rings. The number of H-pyrrole nitrogens is 1. The van der Waals surface area contributed by atoms with Gasteiger partial charge in [-0.3, -0.25) is 9.69 Å². The number of esters is 1. The van der Waals surface area contributed by atoms with Crippen molar-refractivity contribution in [2.45, 2.75) is 66.0 Å². The number of rotatable bonds is 6. The summed E-state index contributed by atoms with van der Waals surface area (Å²) in [5.41, 5.74) is 1.97. The monoisotopic (exact) mass is 441 g/mol. The lowest BCUT2D eigenvalue weighted by Crippen LogP contribution is -2.45. The number of aromatic nitrogens is 1. The molecule has 3 atom stereocenters. The number of anilines is 1. The minimum absolute atomic E-state index is 0.117. The Bertz CT molecular complexity index is 1040. The molecule has 0 radical (unpaired) electrons. The Morgan fingerprint density at radius 1 is 1.28 bits per heavy atom. The highest BCUT2D eigenvalue weighted by Gasteiger charge is 2.51. The van der Waals surface area contributed by atoms with Crippen molar-refractivity contribution in [2.24, 2.45) is 10.8 Å². The van der Waals surface area contributed by atoms with E-state index < -0.39 is 5.97 Å². The molecule has 1 aromatic heterocycles. The van der Waals surface area contributed by atoms with Crippen molar-refractivity contribution < 1.29 is 19.1 Å². The van der Waals surface area contributed by atoms with Gasteiger partial charge in [0.2, 0.25) is 5.91 Å². The minimum Gasteiger partial charge on any atom is -0.497 e. The summed E-state index contributed by atoms with van der Waals surface area (Å²) in [7, 11) is 1.59. The van der Waals surface area contributed by atoms with Crippen molar-refractivity contribution in [1.82, 2.24) is 9.88 Å². The van der Waals surface area contributed by atoms with Gasteiger partial charge in [0.05, 0.1) is 25.4 Å². The molecule has 4 rings (SSSR count). The maximum atomic E-state index is 13.4. The second-order valence-corrected chi connectivity index (χ2v) is 10.6. The first kappa shape index (κ1) is 22.6. The van der Waals surface area contributed by atoms with Gasteiger partial charge in [-0.2, -0.15) is 0 Å². The molecule has 0 unspecified atom stereocenters. The highest BCUT2D eigenvalue weighted by Crippen LogP contribution is 2.53. The third kappa shape index (κ3) is 4.10. The van der Waals surface area contributed by atoms with Gasteiger partial charge in [0.25, 0.3) is 0 Å². The summed E-state index contributed by atoms with van der Waals surface area (Å²) < 4.78 is 10.6. The van der Waals surface area contributed by atoms with Gasteiger partial charge >= 0.3 is 5.97 Å². The molecule has 32 heavy (non-hydrogen) atoms. The van der Waals surface area contributed by atoms with Gasteiger partial charge in [-0.05, 0) is 62.1 Å². The number of aromatic amines is 1. The fourth-order valence-electron chi connectivity index (χ4n) is 6.12. The predicted molar refractivity (Wildman–Crippen MR) is 125 cm³/mol. The summed E-state index contributed by atoms with van der Waals surface area (Å²) in [6, 6.07) is 5.57. The van der Waals surface area contributed by atoms with Crippen LogP contribution in [0.4, 0.5) is 5.69 Å². The van der Waals surface area contributed by atoms with Crippen LogP contribution in [0.5, 0.6) is 5.75 Å². The van der Waals surface area contributed by atoms with Crippen molar-refractivity contribution >= 4 is 28.5 Å². The van der Waals surface area contributed by atoms with Gasteiger partial charge in [0.15, 0.2) is 0 Å². The van der Waals surface area contributed by atoms with Crippen LogP contribution < -0.4 is 10.1 Å². The van der Waals surface area contributed by atoms with Gasteiger partial charge < -0.3 is 19.8 Å². The summed E-state index contributed by atoms with van der Waals surface area (Å²) in [5, 5.41) is 3.77. The summed E-state index contributed by atoms with van der Waals surface area (Å²) in [6.45, 7) is 11.9. The van der Waals surface area contributed by atoms with Gasteiger partial charge in [-0.25, -0.2) is 4.79 Å². The van der Waals surface area contributed by atoms with E-state index in [1.54, 1.807) is 14.0 Å². The van der Waals surface area contributed by atoms with E-state index in [0.29, 0.717) is 17.5 Å². The van der Waals surface area contributed by atoms with Crippen LogP contribution in [0.3, 0.4) is 0 Å². The van der Waals surface area contributed by atoms with E-state index in [1.165, 1.54) is 6.42 Å². The van der Waals surface area contributed by atoms with Crippen LogP contribution in [0.2, 0.25) is 0 Å². The number of nitrogens with zero attached hydrogens (tertiary/aromatic N) is 1. The van der Waals surface area contributed by atoms with Gasteiger partial charge in [0, 0.05) is 23.5 Å². The third-order valence-electron chi connectivity index (χ3n) is 7.07. The zero-order valence-electron chi connectivity index (χ0n) is 20.0. The molecule has 2 N–H and O–H groups in total. The van der Waals surface area contributed by atoms with Crippen LogP contribution in [-0.2, 0) is 9.53 Å². The van der Waals surface area contributed by atoms with Gasteiger partial charge in [-0.1, -0.05) is 20.8 Å². The number of likely N-dealkylation sites (tertiary alicyclic amines) is 1. The van der Waals surface area contributed by atoms with E-state index in [4.69, 9.17) is 9.47 Å². The average molecular weight is 442 g/mol. The summed E-state index contributed by atoms with van der Waals surface area (Å²) in [5.74, 6) is 0.0455. The molecule has 2 aromatic rings. The van der Waals surface area contributed by atoms with E-state index in [1.807, 2.05) is 25.1 Å². The fourth-order valence-corrected chi connectivity index (χ4v) is 6.12. The van der Waals surface area contributed by atoms with E-state index in [-0.39, 0.29) is 35.1 Å². The summed E-state index contributed by atoms with van der Waals surface area (Å²) in [6.07, 6.45) is 3.40. The highest BCUT2D eigenvalue weighted by atomic mass is 16.5. The molecule has 7 nitrogen and oxygen atoms in total. The van der Waals surface area contributed by atoms with Crippen molar-refractivity contribution in [1.29, 1.82) is 0 Å². The molecule has 0 spiro atoms. The smallest absolute Gasteiger partial charge is 0.356 e. The standard InChI is InChI=1S/C25H35N3O4/c1-7-32-23(30)21-20(18-10-17(31-6)8-9-19(18)26-21)27-22(29)15(2)28-14-25(5)12-16(28)11-24(3,4)13-25/h8-10,15-16,26H,7,11-14H2,1-6H3,(H,27,29)/t15-,16-,25-/m0/s1. The quantitative estimate of drug-likeness (QED) is 0.641. The van der Waals surface area contributed by atoms with Crippen LogP contribution in [0.1, 0.15) is 64.4 Å². The molecule has 1 amide bonds. The number of ether oxygens (including phenoxy) is 2.